The van der Waals surface area contributed by atoms with Gasteiger partial charge in [-0.05, 0) is 59.1 Å². The van der Waals surface area contributed by atoms with Gasteiger partial charge >= 0.3 is 0 Å². The minimum Gasteiger partial charge on any atom is -0.509 e. The molecule has 0 N–H and O–H groups in total. The number of para-hydroxylation sites is 3. The van der Waals surface area contributed by atoms with Gasteiger partial charge in [-0.15, -0.1) is 41.3 Å². The molecule has 0 aliphatic carbocycles. The number of rotatable bonds is 4. The molecule has 0 spiro atoms. The molecule has 2 aromatic heterocycles. The van der Waals surface area contributed by atoms with Crippen LogP contribution in [0.2, 0.25) is 0 Å². The van der Waals surface area contributed by atoms with Crippen molar-refractivity contribution in [2.24, 2.45) is 0 Å². The summed E-state index contributed by atoms with van der Waals surface area (Å²) in [5.74, 6) is 1.80. The van der Waals surface area contributed by atoms with E-state index < -0.39 is 6.98 Å². The van der Waals surface area contributed by atoms with E-state index in [-0.39, 0.29) is 31.9 Å². The van der Waals surface area contributed by atoms with Gasteiger partial charge in [0.15, 0.2) is 0 Å². The summed E-state index contributed by atoms with van der Waals surface area (Å²) in [6.45, 7) is 10.5. The monoisotopic (exact) mass is 776 g/mol. The Labute approximate surface area is 284 Å². The summed E-state index contributed by atoms with van der Waals surface area (Å²) in [6.07, 6.45) is 1.86. The summed E-state index contributed by atoms with van der Waals surface area (Å²) in [5, 5.41) is 4.83. The van der Waals surface area contributed by atoms with Crippen LogP contribution in [-0.2, 0) is 31.9 Å². The second-order valence-electron chi connectivity index (χ2n) is 13.3. The third kappa shape index (κ3) is 5.62. The van der Waals surface area contributed by atoms with Gasteiger partial charge in [0.05, 0.1) is 0 Å². The van der Waals surface area contributed by atoms with Gasteiger partial charge in [0.1, 0.15) is 5.82 Å². The molecule has 0 unspecified atom stereocenters. The van der Waals surface area contributed by atoms with Crippen molar-refractivity contribution in [3.8, 4) is 17.3 Å². The molecule has 0 radical (unpaired) electrons. The maximum Gasteiger partial charge on any atom is 0.135 e. The van der Waals surface area contributed by atoms with E-state index in [1.54, 1.807) is 17.1 Å². The van der Waals surface area contributed by atoms with Gasteiger partial charge in [0.2, 0.25) is 0 Å². The zero-order valence-corrected chi connectivity index (χ0v) is 28.4. The second kappa shape index (κ2) is 11.3. The van der Waals surface area contributed by atoms with E-state index >= 15 is 0 Å². The molecule has 45 heavy (non-hydrogen) atoms. The molecule has 0 amide bonds. The molecule has 6 nitrogen and oxygen atoms in total. The first-order chi connectivity index (χ1) is 22.2. The van der Waals surface area contributed by atoms with E-state index in [1.807, 2.05) is 48.7 Å². The number of benzene rings is 4. The van der Waals surface area contributed by atoms with E-state index in [2.05, 4.69) is 94.1 Å². The maximum atomic E-state index is 8.07. The number of pyridine rings is 1. The van der Waals surface area contributed by atoms with Crippen molar-refractivity contribution in [2.75, 3.05) is 17.0 Å². The van der Waals surface area contributed by atoms with Crippen LogP contribution in [0.4, 0.5) is 17.1 Å². The topological polar surface area (TPSA) is 47.6 Å². The molecule has 1 aliphatic rings. The Morgan fingerprint density at radius 1 is 0.756 bits per heavy atom. The SMILES string of the molecule is [2H]C([2H])([2H])N1[N-]N(c2[c-]c(Oc3[c-]c4c(cc3)c3ccccc3n4-c3cc(C(C)(C)C)ccn3)cc(C(C)(C)C)c2)c2ccccc21.[Pt]. The van der Waals surface area contributed by atoms with Gasteiger partial charge in [-0.2, -0.15) is 6.07 Å². The number of fused-ring (bicyclic) bond motifs is 4. The molecule has 0 bridgehead atoms. The van der Waals surface area contributed by atoms with Gasteiger partial charge in [0, 0.05) is 59.8 Å². The molecule has 7 rings (SSSR count). The standard InChI is InChI=1S/C38H36N5O.Pt/c1-37(2,3)25-18-19-39-36(22-25)42-32-13-9-8-12-30(32)31-17-16-28(24-35(31)42)44-29-21-26(38(4,5)6)20-27(23-29)43-34-15-11-10-14-33(34)41(7)40-43;/h8-22H,1-7H3;/q-3;/i7D3;. The van der Waals surface area contributed by atoms with Crippen LogP contribution in [0.5, 0.6) is 11.5 Å². The van der Waals surface area contributed by atoms with Crippen molar-refractivity contribution in [2.45, 2.75) is 52.4 Å². The van der Waals surface area contributed by atoms with Crippen LogP contribution in [0, 0.1) is 12.1 Å². The van der Waals surface area contributed by atoms with Crippen LogP contribution in [-0.4, -0.2) is 16.5 Å². The average molecular weight is 777 g/mol. The zero-order valence-electron chi connectivity index (χ0n) is 29.1. The van der Waals surface area contributed by atoms with Crippen molar-refractivity contribution in [1.82, 2.24) is 9.55 Å². The minimum absolute atomic E-state index is 0. The number of aromatic nitrogens is 2. The first kappa shape index (κ1) is 27.2. The summed E-state index contributed by atoms with van der Waals surface area (Å²) in [4.78, 5) is 4.78. The summed E-state index contributed by atoms with van der Waals surface area (Å²) in [6, 6.07) is 34.6. The molecule has 3 heterocycles. The molecule has 232 valence electrons. The Morgan fingerprint density at radius 2 is 1.49 bits per heavy atom. The van der Waals surface area contributed by atoms with Crippen LogP contribution in [0.25, 0.3) is 33.2 Å². The Hall–Kier alpha value is -4.12. The normalized spacial score (nSPS) is 14.6. The van der Waals surface area contributed by atoms with E-state index in [9.17, 15) is 0 Å². The number of anilines is 3. The van der Waals surface area contributed by atoms with Crippen LogP contribution >= 0.6 is 0 Å². The third-order valence-electron chi connectivity index (χ3n) is 8.06. The van der Waals surface area contributed by atoms with Crippen molar-refractivity contribution in [1.29, 1.82) is 0 Å². The summed E-state index contributed by atoms with van der Waals surface area (Å²) in [5.41, 5.74) is 10.0. The fourth-order valence-electron chi connectivity index (χ4n) is 5.61. The predicted octanol–water partition coefficient (Wildman–Crippen LogP) is 9.96. The molecule has 0 saturated heterocycles. The number of ether oxygens (including phenoxy) is 1. The number of hydrogen-bond donors (Lipinski definition) is 0. The Bertz CT molecular complexity index is 2150. The van der Waals surface area contributed by atoms with Gasteiger partial charge in [-0.25, -0.2) is 4.98 Å². The number of nitrogens with zero attached hydrogens (tertiary/aromatic N) is 5. The van der Waals surface area contributed by atoms with Gasteiger partial charge in [-0.3, -0.25) is 0 Å². The largest absolute Gasteiger partial charge is 0.509 e. The summed E-state index contributed by atoms with van der Waals surface area (Å²) in [7, 11) is 0. The van der Waals surface area contributed by atoms with Crippen LogP contribution in [0.3, 0.4) is 0 Å². The van der Waals surface area contributed by atoms with Crippen LogP contribution in [0.15, 0.2) is 91.1 Å². The zero-order chi connectivity index (χ0) is 33.3. The smallest absolute Gasteiger partial charge is 0.135 e. The molecule has 6 aromatic rings. The summed E-state index contributed by atoms with van der Waals surface area (Å²) >= 11 is 0. The maximum absolute atomic E-state index is 8.07. The Morgan fingerprint density at radius 3 is 2.24 bits per heavy atom. The molecule has 0 atom stereocenters. The fourth-order valence-corrected chi connectivity index (χ4v) is 5.61. The van der Waals surface area contributed by atoms with Crippen LogP contribution < -0.4 is 14.8 Å². The van der Waals surface area contributed by atoms with E-state index in [0.29, 0.717) is 28.6 Å². The number of hydrogen-bond acceptors (Lipinski definition) is 4. The van der Waals surface area contributed by atoms with Gasteiger partial charge in [-0.1, -0.05) is 83.1 Å². The molecule has 1 aliphatic heterocycles. The molecular weight excluding hydrogens is 738 g/mol. The molecular formula is C38H36N5OPt-3. The van der Waals surface area contributed by atoms with Gasteiger partial charge < -0.3 is 24.9 Å². The van der Waals surface area contributed by atoms with Gasteiger partial charge in [0.25, 0.3) is 0 Å². The van der Waals surface area contributed by atoms with Crippen LogP contribution in [0.1, 0.15) is 56.8 Å². The van der Waals surface area contributed by atoms with E-state index in [0.717, 1.165) is 38.2 Å². The molecule has 0 fully saturated rings. The molecule has 4 aromatic carbocycles. The third-order valence-corrected chi connectivity index (χ3v) is 8.06. The Kier molecular flexibility index (Phi) is 6.86. The summed E-state index contributed by atoms with van der Waals surface area (Å²) < 4.78 is 32.9. The molecule has 7 heteroatoms. The fraction of sp³-hybridized carbons (Fsp3) is 0.237. The average Bonchev–Trinajstić information content (AvgIpc) is 3.57. The Balaban J connectivity index is 0.00000401. The van der Waals surface area contributed by atoms with E-state index in [4.69, 9.17) is 13.8 Å². The minimum atomic E-state index is -2.45. The van der Waals surface area contributed by atoms with Crippen molar-refractivity contribution < 1.29 is 29.9 Å². The predicted molar refractivity (Wildman–Crippen MR) is 181 cm³/mol. The first-order valence-electron chi connectivity index (χ1n) is 16.3. The van der Waals surface area contributed by atoms with Crippen molar-refractivity contribution in [3.63, 3.8) is 0 Å². The van der Waals surface area contributed by atoms with E-state index in [1.165, 1.54) is 5.56 Å². The quantitative estimate of drug-likeness (QED) is 0.167. The molecule has 0 saturated carbocycles. The first-order valence-corrected chi connectivity index (χ1v) is 14.8. The van der Waals surface area contributed by atoms with Crippen molar-refractivity contribution in [3.05, 3.63) is 120 Å². The van der Waals surface area contributed by atoms with Crippen molar-refractivity contribution >= 4 is 38.9 Å². The second-order valence-corrected chi connectivity index (χ2v) is 13.3.